The zero-order valence-electron chi connectivity index (χ0n) is 15.5. The first-order valence-corrected chi connectivity index (χ1v) is 9.15. The van der Waals surface area contributed by atoms with Gasteiger partial charge in [0, 0.05) is 38.2 Å². The molecule has 3 aromatic rings. The van der Waals surface area contributed by atoms with Crippen molar-refractivity contribution in [3.05, 3.63) is 88.1 Å². The van der Waals surface area contributed by atoms with Crippen molar-refractivity contribution in [3.8, 4) is 0 Å². The number of aryl methyl sites for hydroxylation is 4. The Labute approximate surface area is 158 Å². The molecule has 2 heterocycles. The molecule has 3 rings (SSSR count). The SMILES string of the molecule is Cc1ccn(CCc2ccccc2)c(=O)c1C(=O)NCCCn1cccn1. The second-order valence-corrected chi connectivity index (χ2v) is 6.49. The van der Waals surface area contributed by atoms with Crippen molar-refractivity contribution in [1.82, 2.24) is 19.7 Å². The molecule has 0 aliphatic rings. The summed E-state index contributed by atoms with van der Waals surface area (Å²) in [7, 11) is 0. The van der Waals surface area contributed by atoms with Crippen LogP contribution in [0, 0.1) is 6.92 Å². The van der Waals surface area contributed by atoms with Gasteiger partial charge in [0.2, 0.25) is 0 Å². The maximum atomic E-state index is 12.8. The van der Waals surface area contributed by atoms with E-state index in [0.717, 1.165) is 24.9 Å². The van der Waals surface area contributed by atoms with Gasteiger partial charge in [-0.3, -0.25) is 14.3 Å². The van der Waals surface area contributed by atoms with Crippen LogP contribution in [0.1, 0.15) is 27.9 Å². The number of aromatic nitrogens is 3. The Bertz CT molecular complexity index is 931. The molecule has 6 heteroatoms. The summed E-state index contributed by atoms with van der Waals surface area (Å²) in [4.78, 5) is 25.3. The van der Waals surface area contributed by atoms with Gasteiger partial charge in [0.1, 0.15) is 5.56 Å². The summed E-state index contributed by atoms with van der Waals surface area (Å²) in [6.07, 6.45) is 6.86. The van der Waals surface area contributed by atoms with Gasteiger partial charge in [0.25, 0.3) is 11.5 Å². The van der Waals surface area contributed by atoms with Crippen LogP contribution in [0.25, 0.3) is 0 Å². The first-order chi connectivity index (χ1) is 13.1. The number of nitrogens with zero attached hydrogens (tertiary/aromatic N) is 3. The second kappa shape index (κ2) is 8.98. The lowest BCUT2D eigenvalue weighted by molar-refractivity contribution is 0.0950. The van der Waals surface area contributed by atoms with Crippen molar-refractivity contribution in [1.29, 1.82) is 0 Å². The Morgan fingerprint density at radius 1 is 1.07 bits per heavy atom. The molecule has 0 fully saturated rings. The van der Waals surface area contributed by atoms with E-state index in [9.17, 15) is 9.59 Å². The topological polar surface area (TPSA) is 68.9 Å². The second-order valence-electron chi connectivity index (χ2n) is 6.49. The number of amides is 1. The van der Waals surface area contributed by atoms with E-state index >= 15 is 0 Å². The highest BCUT2D eigenvalue weighted by atomic mass is 16.2. The van der Waals surface area contributed by atoms with Crippen molar-refractivity contribution >= 4 is 5.91 Å². The van der Waals surface area contributed by atoms with Gasteiger partial charge >= 0.3 is 0 Å². The third-order valence-electron chi connectivity index (χ3n) is 4.49. The molecule has 0 radical (unpaired) electrons. The van der Waals surface area contributed by atoms with E-state index in [1.165, 1.54) is 0 Å². The molecule has 0 saturated carbocycles. The molecule has 6 nitrogen and oxygen atoms in total. The van der Waals surface area contributed by atoms with Crippen LogP contribution < -0.4 is 10.9 Å². The van der Waals surface area contributed by atoms with Gasteiger partial charge in [-0.25, -0.2) is 0 Å². The van der Waals surface area contributed by atoms with E-state index in [-0.39, 0.29) is 17.0 Å². The number of carbonyl (C=O) groups excluding carboxylic acids is 1. The van der Waals surface area contributed by atoms with Gasteiger partial charge in [-0.2, -0.15) is 5.10 Å². The molecule has 0 saturated heterocycles. The lowest BCUT2D eigenvalue weighted by atomic mass is 10.1. The average molecular weight is 364 g/mol. The minimum atomic E-state index is -0.313. The van der Waals surface area contributed by atoms with E-state index in [4.69, 9.17) is 0 Å². The molecular formula is C21H24N4O2. The largest absolute Gasteiger partial charge is 0.352 e. The minimum Gasteiger partial charge on any atom is -0.352 e. The Morgan fingerprint density at radius 3 is 2.63 bits per heavy atom. The monoisotopic (exact) mass is 364 g/mol. The Morgan fingerprint density at radius 2 is 1.89 bits per heavy atom. The predicted molar refractivity (Wildman–Crippen MR) is 105 cm³/mol. The number of carbonyl (C=O) groups is 1. The average Bonchev–Trinajstić information content (AvgIpc) is 3.19. The fourth-order valence-electron chi connectivity index (χ4n) is 2.98. The van der Waals surface area contributed by atoms with Crippen LogP contribution in [0.5, 0.6) is 0 Å². The van der Waals surface area contributed by atoms with Crippen molar-refractivity contribution < 1.29 is 4.79 Å². The highest BCUT2D eigenvalue weighted by Gasteiger charge is 2.15. The highest BCUT2D eigenvalue weighted by Crippen LogP contribution is 2.05. The zero-order valence-corrected chi connectivity index (χ0v) is 15.5. The predicted octanol–water partition coefficient (Wildman–Crippen LogP) is 2.42. The maximum absolute atomic E-state index is 12.8. The number of hydrogen-bond acceptors (Lipinski definition) is 3. The number of pyridine rings is 1. The van der Waals surface area contributed by atoms with Crippen LogP contribution in [0.4, 0.5) is 0 Å². The molecule has 0 bridgehead atoms. The fourth-order valence-corrected chi connectivity index (χ4v) is 2.98. The van der Waals surface area contributed by atoms with Gasteiger partial charge in [0.15, 0.2) is 0 Å². The molecule has 27 heavy (non-hydrogen) atoms. The molecule has 1 N–H and O–H groups in total. The van der Waals surface area contributed by atoms with Crippen LogP contribution in [0.3, 0.4) is 0 Å². The van der Waals surface area contributed by atoms with Crippen LogP contribution in [-0.2, 0) is 19.5 Å². The molecule has 0 atom stereocenters. The van der Waals surface area contributed by atoms with Crippen LogP contribution in [-0.4, -0.2) is 26.8 Å². The maximum Gasteiger partial charge on any atom is 0.263 e. The van der Waals surface area contributed by atoms with E-state index in [1.54, 1.807) is 23.9 Å². The molecule has 1 amide bonds. The highest BCUT2D eigenvalue weighted by molar-refractivity contribution is 5.95. The molecule has 0 aliphatic carbocycles. The smallest absolute Gasteiger partial charge is 0.263 e. The summed E-state index contributed by atoms with van der Waals surface area (Å²) in [5.74, 6) is -0.313. The summed E-state index contributed by atoms with van der Waals surface area (Å²) >= 11 is 0. The van der Waals surface area contributed by atoms with Gasteiger partial charge in [-0.15, -0.1) is 0 Å². The standard InChI is InChI=1S/C21H24N4O2/c1-17-9-15-24(16-10-18-7-3-2-4-8-18)21(27)19(17)20(26)22-11-5-13-25-14-6-12-23-25/h2-4,6-9,12,14-15H,5,10-11,13,16H2,1H3,(H,22,26). The zero-order chi connectivity index (χ0) is 19.1. The van der Waals surface area contributed by atoms with Crippen LogP contribution in [0.15, 0.2) is 65.8 Å². The molecule has 140 valence electrons. The van der Waals surface area contributed by atoms with Crippen molar-refractivity contribution in [2.75, 3.05) is 6.54 Å². The third kappa shape index (κ3) is 4.94. The van der Waals surface area contributed by atoms with Crippen molar-refractivity contribution in [2.24, 2.45) is 0 Å². The van der Waals surface area contributed by atoms with Crippen molar-refractivity contribution in [2.45, 2.75) is 32.9 Å². The van der Waals surface area contributed by atoms with E-state index in [1.807, 2.05) is 53.3 Å². The fraction of sp³-hybridized carbons (Fsp3) is 0.286. The van der Waals surface area contributed by atoms with E-state index in [2.05, 4.69) is 10.4 Å². The first-order valence-electron chi connectivity index (χ1n) is 9.15. The number of rotatable bonds is 8. The van der Waals surface area contributed by atoms with Crippen LogP contribution in [0.2, 0.25) is 0 Å². The summed E-state index contributed by atoms with van der Waals surface area (Å²) < 4.78 is 3.43. The molecule has 1 aromatic carbocycles. The van der Waals surface area contributed by atoms with Crippen molar-refractivity contribution in [3.63, 3.8) is 0 Å². The number of nitrogens with one attached hydrogen (secondary N) is 1. The number of hydrogen-bond donors (Lipinski definition) is 1. The van der Waals surface area contributed by atoms with Gasteiger partial charge < -0.3 is 9.88 Å². The molecular weight excluding hydrogens is 340 g/mol. The normalized spacial score (nSPS) is 10.7. The number of benzene rings is 1. The van der Waals surface area contributed by atoms with E-state index < -0.39 is 0 Å². The Balaban J connectivity index is 1.61. The van der Waals surface area contributed by atoms with Gasteiger partial charge in [-0.05, 0) is 43.0 Å². The summed E-state index contributed by atoms with van der Waals surface area (Å²) in [5, 5.41) is 6.98. The Kier molecular flexibility index (Phi) is 6.20. The summed E-state index contributed by atoms with van der Waals surface area (Å²) in [6, 6.07) is 13.7. The third-order valence-corrected chi connectivity index (χ3v) is 4.49. The van der Waals surface area contributed by atoms with E-state index in [0.29, 0.717) is 18.7 Å². The molecule has 2 aromatic heterocycles. The summed E-state index contributed by atoms with van der Waals surface area (Å²) in [5.41, 5.74) is 1.84. The Hall–Kier alpha value is -3.15. The first kappa shape index (κ1) is 18.6. The van der Waals surface area contributed by atoms with Gasteiger partial charge in [-0.1, -0.05) is 30.3 Å². The quantitative estimate of drug-likeness (QED) is 0.624. The van der Waals surface area contributed by atoms with Gasteiger partial charge in [0.05, 0.1) is 0 Å². The molecule has 0 unspecified atom stereocenters. The lowest BCUT2D eigenvalue weighted by Gasteiger charge is -2.11. The lowest BCUT2D eigenvalue weighted by Crippen LogP contribution is -2.35. The van der Waals surface area contributed by atoms with Crippen LogP contribution >= 0.6 is 0 Å². The minimum absolute atomic E-state index is 0.227. The molecule has 0 aliphatic heterocycles. The molecule has 0 spiro atoms. The summed E-state index contributed by atoms with van der Waals surface area (Å²) in [6.45, 7) is 3.56.